The predicted molar refractivity (Wildman–Crippen MR) is 114 cm³/mol. The first-order chi connectivity index (χ1) is 14.7. The zero-order chi connectivity index (χ0) is 20.8. The highest BCUT2D eigenvalue weighted by atomic mass is 16.5. The van der Waals surface area contributed by atoms with Crippen LogP contribution in [0, 0.1) is 0 Å². The average Bonchev–Trinajstić information content (AvgIpc) is 2.81. The smallest absolute Gasteiger partial charge is 0.274 e. The van der Waals surface area contributed by atoms with E-state index in [2.05, 4.69) is 20.9 Å². The predicted octanol–water partition coefficient (Wildman–Crippen LogP) is 3.63. The largest absolute Gasteiger partial charge is 0.492 e. The van der Waals surface area contributed by atoms with E-state index in [-0.39, 0.29) is 5.91 Å². The van der Waals surface area contributed by atoms with Gasteiger partial charge < -0.3 is 19.3 Å². The second-order valence-electron chi connectivity index (χ2n) is 6.83. The number of amides is 1. The van der Waals surface area contributed by atoms with E-state index < -0.39 is 0 Å². The molecule has 3 aromatic rings. The van der Waals surface area contributed by atoms with E-state index >= 15 is 0 Å². The fourth-order valence-corrected chi connectivity index (χ4v) is 3.40. The maximum Gasteiger partial charge on any atom is 0.274 e. The minimum absolute atomic E-state index is 0.119. The molecule has 4 rings (SSSR count). The van der Waals surface area contributed by atoms with Crippen LogP contribution in [-0.4, -0.2) is 53.6 Å². The summed E-state index contributed by atoms with van der Waals surface area (Å²) < 4.78 is 11.4. The molecule has 0 unspecified atom stereocenters. The Morgan fingerprint density at radius 1 is 0.933 bits per heavy atom. The van der Waals surface area contributed by atoms with Crippen molar-refractivity contribution in [2.45, 2.75) is 6.92 Å². The Bertz CT molecular complexity index is 971. The Morgan fingerprint density at radius 3 is 2.37 bits per heavy atom. The molecule has 30 heavy (non-hydrogen) atoms. The second-order valence-corrected chi connectivity index (χ2v) is 6.83. The molecule has 154 valence electrons. The van der Waals surface area contributed by atoms with Crippen LogP contribution in [0.2, 0.25) is 0 Å². The van der Waals surface area contributed by atoms with Gasteiger partial charge in [0.1, 0.15) is 17.2 Å². The first-order valence-electron chi connectivity index (χ1n) is 10.1. The van der Waals surface area contributed by atoms with Gasteiger partial charge in [0, 0.05) is 26.2 Å². The second kappa shape index (κ2) is 9.26. The van der Waals surface area contributed by atoms with Crippen LogP contribution in [0.25, 0.3) is 0 Å². The minimum Gasteiger partial charge on any atom is -0.492 e. The van der Waals surface area contributed by atoms with Crippen LogP contribution in [0.15, 0.2) is 67.0 Å². The Kier molecular flexibility index (Phi) is 6.08. The van der Waals surface area contributed by atoms with Crippen LogP contribution >= 0.6 is 0 Å². The third-order valence-electron chi connectivity index (χ3n) is 4.89. The van der Waals surface area contributed by atoms with Crippen molar-refractivity contribution in [1.82, 2.24) is 14.9 Å². The van der Waals surface area contributed by atoms with Crippen molar-refractivity contribution in [3.05, 3.63) is 72.7 Å². The van der Waals surface area contributed by atoms with Crippen LogP contribution in [0.4, 0.5) is 5.69 Å². The molecule has 7 heteroatoms. The third kappa shape index (κ3) is 4.51. The Balaban J connectivity index is 1.36. The molecular formula is C23H24N4O3. The monoisotopic (exact) mass is 404 g/mol. The molecule has 7 nitrogen and oxygen atoms in total. The summed E-state index contributed by atoms with van der Waals surface area (Å²) in [6, 6.07) is 17.4. The Morgan fingerprint density at radius 2 is 1.67 bits per heavy atom. The van der Waals surface area contributed by atoms with Gasteiger partial charge in [0.05, 0.1) is 24.7 Å². The molecule has 0 bridgehead atoms. The molecule has 1 aromatic heterocycles. The van der Waals surface area contributed by atoms with E-state index in [9.17, 15) is 4.79 Å². The van der Waals surface area contributed by atoms with E-state index in [0.717, 1.165) is 24.5 Å². The number of hydrogen-bond acceptors (Lipinski definition) is 6. The maximum atomic E-state index is 12.8. The molecule has 0 aliphatic carbocycles. The summed E-state index contributed by atoms with van der Waals surface area (Å²) in [6.07, 6.45) is 2.95. The van der Waals surface area contributed by atoms with Crippen molar-refractivity contribution in [3.63, 3.8) is 0 Å². The molecule has 2 heterocycles. The molecule has 1 saturated heterocycles. The van der Waals surface area contributed by atoms with Crippen molar-refractivity contribution in [1.29, 1.82) is 0 Å². The molecule has 0 radical (unpaired) electrons. The molecule has 2 aromatic carbocycles. The van der Waals surface area contributed by atoms with Crippen LogP contribution in [0.3, 0.4) is 0 Å². The standard InChI is InChI=1S/C23H24N4O3/c1-2-29-21-11-7-6-10-20(21)26-12-14-27(15-13-26)23(28)19-16-25-22(17-24-19)30-18-8-4-3-5-9-18/h3-11,16-17H,2,12-15H2,1H3. The number of nitrogens with zero attached hydrogens (tertiary/aromatic N) is 4. The van der Waals surface area contributed by atoms with Gasteiger partial charge in [-0.1, -0.05) is 30.3 Å². The number of piperazine rings is 1. The Hall–Kier alpha value is -3.61. The van der Waals surface area contributed by atoms with Gasteiger partial charge in [-0.05, 0) is 31.2 Å². The highest BCUT2D eigenvalue weighted by Gasteiger charge is 2.24. The van der Waals surface area contributed by atoms with Crippen molar-refractivity contribution in [3.8, 4) is 17.4 Å². The van der Waals surface area contributed by atoms with Crippen LogP contribution in [0.5, 0.6) is 17.4 Å². The fourth-order valence-electron chi connectivity index (χ4n) is 3.40. The summed E-state index contributed by atoms with van der Waals surface area (Å²) in [7, 11) is 0. The number of hydrogen-bond donors (Lipinski definition) is 0. The van der Waals surface area contributed by atoms with Gasteiger partial charge in [-0.2, -0.15) is 0 Å². The first-order valence-corrected chi connectivity index (χ1v) is 10.1. The van der Waals surface area contributed by atoms with Crippen LogP contribution in [-0.2, 0) is 0 Å². The molecular weight excluding hydrogens is 380 g/mol. The minimum atomic E-state index is -0.119. The maximum absolute atomic E-state index is 12.8. The average molecular weight is 404 g/mol. The Labute approximate surface area is 175 Å². The summed E-state index contributed by atoms with van der Waals surface area (Å²) in [5.74, 6) is 1.79. The highest BCUT2D eigenvalue weighted by Crippen LogP contribution is 2.29. The number of anilines is 1. The quantitative estimate of drug-likeness (QED) is 0.625. The number of rotatable bonds is 6. The molecule has 1 aliphatic rings. The van der Waals surface area contributed by atoms with Crippen LogP contribution < -0.4 is 14.4 Å². The number of para-hydroxylation sites is 3. The van der Waals surface area contributed by atoms with E-state index in [4.69, 9.17) is 9.47 Å². The van der Waals surface area contributed by atoms with Gasteiger partial charge in [-0.25, -0.2) is 9.97 Å². The summed E-state index contributed by atoms with van der Waals surface area (Å²) in [4.78, 5) is 25.4. The van der Waals surface area contributed by atoms with E-state index in [0.29, 0.717) is 37.0 Å². The van der Waals surface area contributed by atoms with Crippen molar-refractivity contribution < 1.29 is 14.3 Å². The first kappa shape index (κ1) is 19.7. The number of aromatic nitrogens is 2. The lowest BCUT2D eigenvalue weighted by Crippen LogP contribution is -2.49. The van der Waals surface area contributed by atoms with Crippen LogP contribution in [0.1, 0.15) is 17.4 Å². The molecule has 0 saturated carbocycles. The van der Waals surface area contributed by atoms with Gasteiger partial charge in [0.15, 0.2) is 0 Å². The molecule has 1 amide bonds. The summed E-state index contributed by atoms with van der Waals surface area (Å²) >= 11 is 0. The highest BCUT2D eigenvalue weighted by molar-refractivity contribution is 5.92. The van der Waals surface area contributed by atoms with Crippen molar-refractivity contribution in [2.24, 2.45) is 0 Å². The lowest BCUT2D eigenvalue weighted by atomic mass is 10.2. The van der Waals surface area contributed by atoms with Gasteiger partial charge in [0.2, 0.25) is 5.88 Å². The third-order valence-corrected chi connectivity index (χ3v) is 4.89. The van der Waals surface area contributed by atoms with Gasteiger partial charge in [-0.15, -0.1) is 0 Å². The van der Waals surface area contributed by atoms with Gasteiger partial charge in [0.25, 0.3) is 5.91 Å². The van der Waals surface area contributed by atoms with Gasteiger partial charge >= 0.3 is 0 Å². The summed E-state index contributed by atoms with van der Waals surface area (Å²) in [5, 5.41) is 0. The zero-order valence-electron chi connectivity index (χ0n) is 16.9. The zero-order valence-corrected chi connectivity index (χ0v) is 16.9. The topological polar surface area (TPSA) is 67.8 Å². The number of ether oxygens (including phenoxy) is 2. The SMILES string of the molecule is CCOc1ccccc1N1CCN(C(=O)c2cnc(Oc3ccccc3)cn2)CC1. The van der Waals surface area contributed by atoms with Crippen molar-refractivity contribution >= 4 is 11.6 Å². The number of carbonyl (C=O) groups is 1. The molecule has 0 atom stereocenters. The molecule has 0 N–H and O–H groups in total. The van der Waals surface area contributed by atoms with Crippen molar-refractivity contribution in [2.75, 3.05) is 37.7 Å². The number of carbonyl (C=O) groups excluding carboxylic acids is 1. The summed E-state index contributed by atoms with van der Waals surface area (Å²) in [5.41, 5.74) is 1.38. The molecule has 1 aliphatic heterocycles. The molecule has 1 fully saturated rings. The normalized spacial score (nSPS) is 13.8. The fraction of sp³-hybridized carbons (Fsp3) is 0.261. The summed E-state index contributed by atoms with van der Waals surface area (Å²) in [6.45, 7) is 5.30. The molecule has 0 spiro atoms. The van der Waals surface area contributed by atoms with E-state index in [1.165, 1.54) is 12.4 Å². The lowest BCUT2D eigenvalue weighted by Gasteiger charge is -2.36. The van der Waals surface area contributed by atoms with E-state index in [1.807, 2.05) is 60.4 Å². The lowest BCUT2D eigenvalue weighted by molar-refractivity contribution is 0.0740. The number of benzene rings is 2. The van der Waals surface area contributed by atoms with E-state index in [1.54, 1.807) is 0 Å². The van der Waals surface area contributed by atoms with Gasteiger partial charge in [-0.3, -0.25) is 4.79 Å².